The third-order valence-electron chi connectivity index (χ3n) is 5.53. The number of carbonyl (C=O) groups is 1. The zero-order valence-corrected chi connectivity index (χ0v) is 19.0. The summed E-state index contributed by atoms with van der Waals surface area (Å²) in [5.41, 5.74) is -0.696. The fourth-order valence-corrected chi connectivity index (χ4v) is 3.89. The van der Waals surface area contributed by atoms with E-state index in [1.54, 1.807) is 33.8 Å². The zero-order valence-electron chi connectivity index (χ0n) is 19.0. The van der Waals surface area contributed by atoms with Crippen LogP contribution in [0.5, 0.6) is 5.88 Å². The predicted molar refractivity (Wildman–Crippen MR) is 115 cm³/mol. The van der Waals surface area contributed by atoms with E-state index >= 15 is 0 Å². The summed E-state index contributed by atoms with van der Waals surface area (Å²) in [7, 11) is 0. The van der Waals surface area contributed by atoms with Crippen molar-refractivity contribution in [3.63, 3.8) is 0 Å². The highest BCUT2D eigenvalue weighted by Gasteiger charge is 2.44. The van der Waals surface area contributed by atoms with E-state index in [1.807, 2.05) is 0 Å². The summed E-state index contributed by atoms with van der Waals surface area (Å²) < 4.78 is 11.4. The quantitative estimate of drug-likeness (QED) is 0.269. The Labute approximate surface area is 183 Å². The Bertz CT molecular complexity index is 820. The number of nitro groups is 1. The molecule has 1 heterocycles. The second-order valence-electron chi connectivity index (χ2n) is 9.14. The van der Waals surface area contributed by atoms with Crippen molar-refractivity contribution >= 4 is 11.7 Å². The van der Waals surface area contributed by atoms with Gasteiger partial charge in [0.1, 0.15) is 17.6 Å². The molecule has 1 aromatic heterocycles. The van der Waals surface area contributed by atoms with Gasteiger partial charge in [-0.2, -0.15) is 4.98 Å². The van der Waals surface area contributed by atoms with Gasteiger partial charge in [0.05, 0.1) is 23.0 Å². The molecule has 0 spiro atoms. The molecule has 0 unspecified atom stereocenters. The number of esters is 1. The molecule has 0 aromatic carbocycles. The average Bonchev–Trinajstić information content (AvgIpc) is 2.93. The summed E-state index contributed by atoms with van der Waals surface area (Å²) >= 11 is 0. The molecule has 0 radical (unpaired) electrons. The van der Waals surface area contributed by atoms with Gasteiger partial charge >= 0.3 is 11.7 Å². The first-order valence-corrected chi connectivity index (χ1v) is 10.6. The van der Waals surface area contributed by atoms with Gasteiger partial charge in [-0.15, -0.1) is 6.58 Å². The maximum Gasteiger partial charge on any atom is 0.351 e. The maximum atomic E-state index is 12.1. The molecule has 31 heavy (non-hydrogen) atoms. The van der Waals surface area contributed by atoms with Crippen LogP contribution in [-0.2, 0) is 9.53 Å². The van der Waals surface area contributed by atoms with Crippen molar-refractivity contribution in [1.82, 2.24) is 9.97 Å². The van der Waals surface area contributed by atoms with Crippen molar-refractivity contribution in [3.8, 4) is 5.88 Å². The molecule has 0 saturated heterocycles. The molecule has 2 rings (SSSR count). The van der Waals surface area contributed by atoms with Crippen molar-refractivity contribution in [3.05, 3.63) is 34.3 Å². The van der Waals surface area contributed by atoms with Crippen molar-refractivity contribution in [2.45, 2.75) is 72.5 Å². The molecule has 9 heteroatoms. The Balaban J connectivity index is 2.23. The third kappa shape index (κ3) is 6.22. The Morgan fingerprint density at radius 1 is 1.29 bits per heavy atom. The normalized spacial score (nSPS) is 23.4. The van der Waals surface area contributed by atoms with Crippen LogP contribution in [0.1, 0.15) is 58.0 Å². The van der Waals surface area contributed by atoms with Gasteiger partial charge in [-0.3, -0.25) is 14.9 Å². The van der Waals surface area contributed by atoms with Gasteiger partial charge in [-0.05, 0) is 66.2 Å². The number of hydrogen-bond acceptors (Lipinski definition) is 8. The molecular formula is C22H33N3O6. The van der Waals surface area contributed by atoms with Crippen LogP contribution in [0.15, 0.2) is 12.7 Å². The molecule has 1 N–H and O–H groups in total. The molecule has 1 saturated carbocycles. The van der Waals surface area contributed by atoms with Gasteiger partial charge in [0.15, 0.2) is 0 Å². The molecule has 4 atom stereocenters. The first-order chi connectivity index (χ1) is 14.5. The van der Waals surface area contributed by atoms with E-state index in [-0.39, 0.29) is 41.7 Å². The summed E-state index contributed by atoms with van der Waals surface area (Å²) in [5, 5.41) is 22.5. The van der Waals surface area contributed by atoms with Crippen molar-refractivity contribution in [2.24, 2.45) is 17.3 Å². The van der Waals surface area contributed by atoms with Crippen molar-refractivity contribution < 1.29 is 24.3 Å². The highest BCUT2D eigenvalue weighted by Crippen LogP contribution is 2.40. The van der Waals surface area contributed by atoms with E-state index < -0.39 is 22.5 Å². The molecule has 1 fully saturated rings. The van der Waals surface area contributed by atoms with Crippen LogP contribution in [0.3, 0.4) is 0 Å². The molecular weight excluding hydrogens is 402 g/mol. The third-order valence-corrected chi connectivity index (χ3v) is 5.53. The molecule has 0 amide bonds. The summed E-state index contributed by atoms with van der Waals surface area (Å²) in [6.07, 6.45) is 2.88. The Morgan fingerprint density at radius 3 is 2.55 bits per heavy atom. The maximum absolute atomic E-state index is 12.1. The standard InChI is InChI=1S/C22H33N3O6/c1-7-8-9-15-12-16(10-11-30-21(27)22(4,5)6)19(18(15)26)31-20-17(25(28)29)13(2)23-14(3)24-20/h7,15-16,18-19,26H,1,8-12H2,2-6H3/t15-,16-,18+,19-/m0/s1. The number of rotatable bonds is 9. The lowest BCUT2D eigenvalue weighted by Gasteiger charge is -2.24. The van der Waals surface area contributed by atoms with E-state index in [2.05, 4.69) is 16.5 Å². The largest absolute Gasteiger partial charge is 0.466 e. The van der Waals surface area contributed by atoms with Crippen LogP contribution in [0.4, 0.5) is 5.69 Å². The predicted octanol–water partition coefficient (Wildman–Crippen LogP) is 3.69. The lowest BCUT2D eigenvalue weighted by Crippen LogP contribution is -2.35. The molecule has 172 valence electrons. The van der Waals surface area contributed by atoms with Crippen molar-refractivity contribution in [1.29, 1.82) is 0 Å². The van der Waals surface area contributed by atoms with Crippen LogP contribution < -0.4 is 4.74 Å². The van der Waals surface area contributed by atoms with Gasteiger partial charge in [0, 0.05) is 5.92 Å². The Hall–Kier alpha value is -2.55. The number of aliphatic hydroxyl groups is 1. The summed E-state index contributed by atoms with van der Waals surface area (Å²) in [6, 6.07) is 0. The number of nitrogens with zero attached hydrogens (tertiary/aromatic N) is 3. The lowest BCUT2D eigenvalue weighted by molar-refractivity contribution is -0.387. The van der Waals surface area contributed by atoms with E-state index in [0.29, 0.717) is 18.7 Å². The van der Waals surface area contributed by atoms with Crippen LogP contribution in [0, 0.1) is 41.2 Å². The SMILES string of the molecule is C=CCC[C@H]1C[C@H](CCOC(=O)C(C)(C)C)[C@H](Oc2nc(C)nc(C)c2[N+](=O)[O-])[C@@H]1O. The fraction of sp³-hybridized carbons (Fsp3) is 0.682. The van der Waals surface area contributed by atoms with Crippen LogP contribution in [0.25, 0.3) is 0 Å². The molecule has 1 aromatic rings. The number of ether oxygens (including phenoxy) is 2. The number of aromatic nitrogens is 2. The summed E-state index contributed by atoms with van der Waals surface area (Å²) in [5.74, 6) is -0.281. The Morgan fingerprint density at radius 2 is 1.97 bits per heavy atom. The van der Waals surface area contributed by atoms with Crippen molar-refractivity contribution in [2.75, 3.05) is 6.61 Å². The number of aryl methyl sites for hydroxylation is 2. The van der Waals surface area contributed by atoms with E-state index in [0.717, 1.165) is 12.8 Å². The van der Waals surface area contributed by atoms with E-state index in [1.165, 1.54) is 6.92 Å². The second kappa shape index (κ2) is 10.2. The first kappa shape index (κ1) is 24.7. The van der Waals surface area contributed by atoms with E-state index in [9.17, 15) is 20.0 Å². The lowest BCUT2D eigenvalue weighted by atomic mass is 9.97. The van der Waals surface area contributed by atoms with Crippen LogP contribution in [-0.4, -0.2) is 44.8 Å². The van der Waals surface area contributed by atoms with Gasteiger partial charge < -0.3 is 14.6 Å². The number of aliphatic hydroxyl groups excluding tert-OH is 1. The minimum absolute atomic E-state index is 0.0468. The minimum atomic E-state index is -0.821. The van der Waals surface area contributed by atoms with Gasteiger partial charge in [-0.25, -0.2) is 4.98 Å². The summed E-state index contributed by atoms with van der Waals surface area (Å²) in [4.78, 5) is 31.2. The number of carbonyl (C=O) groups excluding carboxylic acids is 1. The van der Waals surface area contributed by atoms with Gasteiger partial charge in [-0.1, -0.05) is 6.08 Å². The highest BCUT2D eigenvalue weighted by atomic mass is 16.6. The zero-order chi connectivity index (χ0) is 23.3. The number of hydrogen-bond donors (Lipinski definition) is 1. The smallest absolute Gasteiger partial charge is 0.351 e. The monoisotopic (exact) mass is 435 g/mol. The second-order valence-corrected chi connectivity index (χ2v) is 9.14. The van der Waals surface area contributed by atoms with Gasteiger partial charge in [0.25, 0.3) is 5.88 Å². The van der Waals surface area contributed by atoms with E-state index in [4.69, 9.17) is 9.47 Å². The number of allylic oxidation sites excluding steroid dienone is 1. The molecule has 0 bridgehead atoms. The molecule has 1 aliphatic rings. The topological polar surface area (TPSA) is 125 Å². The van der Waals surface area contributed by atoms with Crippen LogP contribution in [0.2, 0.25) is 0 Å². The summed E-state index contributed by atoms with van der Waals surface area (Å²) in [6.45, 7) is 12.4. The fourth-order valence-electron chi connectivity index (χ4n) is 3.89. The minimum Gasteiger partial charge on any atom is -0.466 e. The van der Waals surface area contributed by atoms with Gasteiger partial charge in [0.2, 0.25) is 0 Å². The Kier molecular flexibility index (Phi) is 8.11. The molecule has 0 aliphatic heterocycles. The van der Waals surface area contributed by atoms with Crippen LogP contribution >= 0.6 is 0 Å². The average molecular weight is 436 g/mol. The molecule has 1 aliphatic carbocycles. The first-order valence-electron chi connectivity index (χ1n) is 10.6. The highest BCUT2D eigenvalue weighted by molar-refractivity contribution is 5.75. The molecule has 9 nitrogen and oxygen atoms in total.